The number of carbonyl (C=O) groups excluding carboxylic acids is 2. The Balaban J connectivity index is 0.999. The van der Waals surface area contributed by atoms with Gasteiger partial charge >= 0.3 is 11.9 Å². The van der Waals surface area contributed by atoms with Crippen molar-refractivity contribution in [2.75, 3.05) is 26.9 Å². The van der Waals surface area contributed by atoms with Gasteiger partial charge in [0.1, 0.15) is 42.7 Å². The number of esters is 2. The quantitative estimate of drug-likeness (QED) is 0.0722. The van der Waals surface area contributed by atoms with Gasteiger partial charge < -0.3 is 93.3 Å². The minimum Gasteiger partial charge on any atom is -0.455 e. The lowest BCUT2D eigenvalue weighted by Crippen LogP contribution is -2.64. The van der Waals surface area contributed by atoms with E-state index in [1.807, 2.05) is 6.92 Å². The highest BCUT2D eigenvalue weighted by Crippen LogP contribution is 2.70. The molecule has 0 aromatic rings. The number of fused-ring (bicyclic) bond motifs is 7. The number of rotatable bonds is 17. The Bertz CT molecular complexity index is 2010. The third-order valence-electron chi connectivity index (χ3n) is 19.1. The summed E-state index contributed by atoms with van der Waals surface area (Å²) in [5, 5.41) is 95.3. The summed E-state index contributed by atoms with van der Waals surface area (Å²) in [6.07, 6.45) is -15.4. The van der Waals surface area contributed by atoms with Crippen molar-refractivity contribution >= 4 is 11.9 Å². The van der Waals surface area contributed by atoms with Gasteiger partial charge in [0.2, 0.25) is 0 Å². The van der Waals surface area contributed by atoms with Crippen molar-refractivity contribution in [2.24, 2.45) is 46.3 Å². The minimum atomic E-state index is -1.77. The maximum absolute atomic E-state index is 13.3. The van der Waals surface area contributed by atoms with Gasteiger partial charge in [0, 0.05) is 38.2 Å². The number of ether oxygens (including phenoxy) is 10. The number of hydrogen-bond acceptors (Lipinski definition) is 21. The molecule has 4 unspecified atom stereocenters. The lowest BCUT2D eigenvalue weighted by atomic mass is 9.46. The monoisotopic (exact) mass is 1060 g/mol. The van der Waals surface area contributed by atoms with Crippen molar-refractivity contribution in [3.8, 4) is 0 Å². The average Bonchev–Trinajstić information content (AvgIpc) is 3.83. The van der Waals surface area contributed by atoms with Gasteiger partial charge in [-0.15, -0.1) is 0 Å². The van der Waals surface area contributed by atoms with E-state index in [9.17, 15) is 55.5 Å². The second-order valence-corrected chi connectivity index (χ2v) is 23.2. The van der Waals surface area contributed by atoms with Gasteiger partial charge in [0.15, 0.2) is 49.1 Å². The molecule has 4 aliphatic carbocycles. The number of methoxy groups -OCH3 is 1. The molecule has 4 saturated heterocycles. The summed E-state index contributed by atoms with van der Waals surface area (Å²) in [4.78, 5) is 26.2. The molecule has 8 aliphatic rings. The van der Waals surface area contributed by atoms with Crippen molar-refractivity contribution in [1.29, 1.82) is 0 Å². The van der Waals surface area contributed by atoms with Crippen LogP contribution in [0.5, 0.6) is 0 Å². The van der Waals surface area contributed by atoms with Crippen molar-refractivity contribution < 1.29 is 103 Å². The van der Waals surface area contributed by atoms with Gasteiger partial charge in [-0.2, -0.15) is 0 Å². The summed E-state index contributed by atoms with van der Waals surface area (Å²) in [6, 6.07) is 0. The van der Waals surface area contributed by atoms with Crippen LogP contribution in [0, 0.1) is 46.3 Å². The van der Waals surface area contributed by atoms with E-state index in [2.05, 4.69) is 33.4 Å². The van der Waals surface area contributed by atoms with E-state index < -0.39 is 140 Å². The summed E-state index contributed by atoms with van der Waals surface area (Å²) in [5.74, 6) is -2.41. The van der Waals surface area contributed by atoms with E-state index in [0.717, 1.165) is 31.3 Å². The Morgan fingerprint density at radius 1 is 0.892 bits per heavy atom. The van der Waals surface area contributed by atoms with E-state index in [0.29, 0.717) is 31.3 Å². The first kappa shape index (κ1) is 57.9. The number of aliphatic hydroxyl groups is 9. The molecule has 8 rings (SSSR count). The Morgan fingerprint density at radius 3 is 2.27 bits per heavy atom. The summed E-state index contributed by atoms with van der Waals surface area (Å²) in [7, 11) is 1.66. The Kier molecular flexibility index (Phi) is 17.9. The van der Waals surface area contributed by atoms with E-state index in [1.54, 1.807) is 14.0 Å². The maximum atomic E-state index is 13.3. The van der Waals surface area contributed by atoms with Crippen molar-refractivity contribution in [3.63, 3.8) is 0 Å². The summed E-state index contributed by atoms with van der Waals surface area (Å²) >= 11 is 0. The second-order valence-electron chi connectivity index (χ2n) is 23.2. The molecular formula is C53H84O21. The Hall–Kier alpha value is -2.26. The molecular weight excluding hydrogens is 973 g/mol. The first-order valence-electron chi connectivity index (χ1n) is 26.8. The van der Waals surface area contributed by atoms with Crippen molar-refractivity contribution in [3.05, 3.63) is 23.8 Å². The molecule has 0 bridgehead atoms. The molecule has 0 aromatic heterocycles. The number of carbonyl (C=O) groups is 2. The molecule has 9 N–H and O–H groups in total. The smallest absolute Gasteiger partial charge is 0.335 e. The van der Waals surface area contributed by atoms with Gasteiger partial charge in [0.05, 0.1) is 44.2 Å². The molecule has 0 amide bonds. The fraction of sp³-hybridized carbons (Fsp3) is 0.887. The SMILES string of the molecule is C=C(CCC1(OC)OC2C[C@H]3[C@@H]4CC=C5C[C@@H](O)C[C@@H](O[C@@H]6OC[C@H](OC(=O)[C@@H](O)[C@@H](C)CC)[C@H](OC(C)=O)[C@H]6O[C@@H]6O[C@@H](C)[C@H](O)[C@@H](O)[C@H]6O)[C@]5(C)[C@H]4CC[C@]3(C)C2C1C)CO[C@@H]1O[C@H](CO)[C@@H](O)[C@H](O)[C@H]1O. The highest BCUT2D eigenvalue weighted by molar-refractivity contribution is 5.75. The van der Waals surface area contributed by atoms with E-state index in [4.69, 9.17) is 47.4 Å². The second kappa shape index (κ2) is 22.8. The predicted octanol–water partition coefficient (Wildman–Crippen LogP) is 0.881. The molecule has 27 atom stereocenters. The van der Waals surface area contributed by atoms with Gasteiger partial charge in [-0.25, -0.2) is 4.79 Å². The number of aliphatic hydroxyl groups excluding tert-OH is 9. The summed E-state index contributed by atoms with van der Waals surface area (Å²) in [5.41, 5.74) is 0.978. The molecule has 21 heteroatoms. The molecule has 3 saturated carbocycles. The van der Waals surface area contributed by atoms with Crippen LogP contribution in [0.2, 0.25) is 0 Å². The van der Waals surface area contributed by atoms with E-state index >= 15 is 0 Å². The van der Waals surface area contributed by atoms with Crippen LogP contribution < -0.4 is 0 Å². The largest absolute Gasteiger partial charge is 0.455 e. The molecule has 7 fully saturated rings. The van der Waals surface area contributed by atoms with E-state index in [1.165, 1.54) is 13.8 Å². The third kappa shape index (κ3) is 10.5. The zero-order valence-electron chi connectivity index (χ0n) is 44.1. The van der Waals surface area contributed by atoms with Crippen molar-refractivity contribution in [1.82, 2.24) is 0 Å². The zero-order valence-corrected chi connectivity index (χ0v) is 44.1. The van der Waals surface area contributed by atoms with Crippen LogP contribution >= 0.6 is 0 Å². The first-order chi connectivity index (χ1) is 34.9. The van der Waals surface area contributed by atoms with Crippen LogP contribution in [-0.2, 0) is 57.0 Å². The average molecular weight is 1060 g/mol. The van der Waals surface area contributed by atoms with Gasteiger partial charge in [-0.3, -0.25) is 4.79 Å². The molecule has 0 radical (unpaired) electrons. The van der Waals surface area contributed by atoms with Crippen LogP contribution in [0.3, 0.4) is 0 Å². The molecule has 0 aromatic carbocycles. The highest BCUT2D eigenvalue weighted by Gasteiger charge is 2.69. The predicted molar refractivity (Wildman–Crippen MR) is 257 cm³/mol. The maximum Gasteiger partial charge on any atom is 0.335 e. The van der Waals surface area contributed by atoms with Crippen LogP contribution in [0.4, 0.5) is 0 Å². The molecule has 4 heterocycles. The molecule has 21 nitrogen and oxygen atoms in total. The van der Waals surface area contributed by atoms with E-state index in [-0.39, 0.29) is 60.7 Å². The zero-order chi connectivity index (χ0) is 53.9. The lowest BCUT2D eigenvalue weighted by molar-refractivity contribution is -0.363. The normalized spacial score (nSPS) is 48.8. The van der Waals surface area contributed by atoms with Crippen LogP contribution in [0.25, 0.3) is 0 Å². The number of hydrogen-bond donors (Lipinski definition) is 9. The van der Waals surface area contributed by atoms with Crippen molar-refractivity contribution in [2.45, 2.75) is 222 Å². The van der Waals surface area contributed by atoms with Crippen LogP contribution in [0.1, 0.15) is 106 Å². The molecule has 4 aliphatic heterocycles. The summed E-state index contributed by atoms with van der Waals surface area (Å²) in [6.45, 7) is 16.2. The standard InChI is InChI=1S/C53H84O21/c1-10-24(3)38(57)47(64)70-35-22-67-50(46(45(35)69-27(6)55)73-49-44(63)41(60)39(58)26(5)68-49)72-36-18-29(56)17-28-11-12-30-31(52(28,36)8)14-15-51(7)32(30)19-33-37(51)25(4)53(65-9,74-33)16-13-23(2)21-66-48-43(62)42(61)40(59)34(20-54)71-48/h11,24-26,29-46,48-50,54,56-63H,2,10,12-22H2,1,3-9H3/t24-,25?,26-,29+,30+,31-,32-,33?,34+,35-,36+,37?,38-,39-,40+,41+,42-,43+,44+,45-,46+,48+,49-,50-,51-,52-,53?/m0/s1. The molecule has 0 spiro atoms. The molecule has 74 heavy (non-hydrogen) atoms. The van der Waals surface area contributed by atoms with Crippen LogP contribution in [0.15, 0.2) is 23.8 Å². The molecule has 422 valence electrons. The van der Waals surface area contributed by atoms with Gasteiger partial charge in [-0.1, -0.05) is 64.8 Å². The van der Waals surface area contributed by atoms with Gasteiger partial charge in [0.25, 0.3) is 0 Å². The summed E-state index contributed by atoms with van der Waals surface area (Å²) < 4.78 is 62.0. The Labute approximate surface area is 433 Å². The fourth-order valence-corrected chi connectivity index (χ4v) is 14.6. The lowest BCUT2D eigenvalue weighted by Gasteiger charge is -2.60. The first-order valence-corrected chi connectivity index (χ1v) is 26.8. The fourth-order valence-electron chi connectivity index (χ4n) is 14.6. The number of allylic oxidation sites excluding steroid dienone is 1. The third-order valence-corrected chi connectivity index (χ3v) is 19.1. The Morgan fingerprint density at radius 2 is 1.59 bits per heavy atom. The highest BCUT2D eigenvalue weighted by atomic mass is 16.8. The minimum absolute atomic E-state index is 0.0120. The van der Waals surface area contributed by atoms with Crippen LogP contribution in [-0.4, -0.2) is 201 Å². The van der Waals surface area contributed by atoms with Gasteiger partial charge in [-0.05, 0) is 80.5 Å². The topological polar surface area (TPSA) is 309 Å².